The molecule has 2 N–H and O–H groups in total. The average molecular weight is 305 g/mol. The molecule has 0 bridgehead atoms. The molecule has 112 valence electrons. The quantitative estimate of drug-likeness (QED) is 0.796. The first-order valence-electron chi connectivity index (χ1n) is 5.89. The van der Waals surface area contributed by atoms with Crippen molar-refractivity contribution in [3.05, 3.63) is 35.6 Å². The van der Waals surface area contributed by atoms with E-state index >= 15 is 0 Å². The molecular weight excluding hydrogens is 287 g/mol. The third kappa shape index (κ3) is 7.70. The summed E-state index contributed by atoms with van der Waals surface area (Å²) in [4.78, 5) is 23.6. The molecule has 1 aromatic carbocycles. The van der Waals surface area contributed by atoms with Crippen LogP contribution < -0.4 is 5.32 Å². The number of hydrogen-bond donors (Lipinski definition) is 2. The number of carbonyl (C=O) groups is 2. The number of carbonyl (C=O) groups excluding carboxylic acids is 1. The Morgan fingerprint density at radius 3 is 2.45 bits per heavy atom. The second-order valence-corrected chi connectivity index (χ2v) is 4.28. The first kappa shape index (κ1) is 18.3. The molecule has 0 aliphatic heterocycles. The lowest BCUT2D eigenvalue weighted by molar-refractivity contribution is -0.137. The van der Waals surface area contributed by atoms with Crippen LogP contribution in [0.2, 0.25) is 0 Å². The van der Waals surface area contributed by atoms with E-state index in [1.807, 2.05) is 0 Å². The highest BCUT2D eigenvalue weighted by Gasteiger charge is 2.07. The van der Waals surface area contributed by atoms with Gasteiger partial charge in [-0.05, 0) is 24.7 Å². The van der Waals surface area contributed by atoms with Crippen molar-refractivity contribution in [1.82, 2.24) is 10.2 Å². The van der Waals surface area contributed by atoms with E-state index in [9.17, 15) is 14.0 Å². The second kappa shape index (κ2) is 9.28. The smallest absolute Gasteiger partial charge is 0.304 e. The van der Waals surface area contributed by atoms with Gasteiger partial charge in [0.1, 0.15) is 5.82 Å². The zero-order valence-electron chi connectivity index (χ0n) is 11.1. The molecule has 0 spiro atoms. The van der Waals surface area contributed by atoms with Crippen molar-refractivity contribution >= 4 is 24.3 Å². The van der Waals surface area contributed by atoms with Gasteiger partial charge < -0.3 is 10.4 Å². The van der Waals surface area contributed by atoms with Crippen molar-refractivity contribution in [2.45, 2.75) is 13.0 Å². The fraction of sp³-hybridized carbons (Fsp3) is 0.385. The van der Waals surface area contributed by atoms with Gasteiger partial charge in [0.2, 0.25) is 5.91 Å². The summed E-state index contributed by atoms with van der Waals surface area (Å²) in [6.45, 7) is 0.777. The maximum atomic E-state index is 12.7. The molecule has 1 rings (SSSR count). The predicted molar refractivity (Wildman–Crippen MR) is 75.2 cm³/mol. The van der Waals surface area contributed by atoms with E-state index in [1.54, 1.807) is 24.1 Å². The van der Waals surface area contributed by atoms with Gasteiger partial charge in [-0.25, -0.2) is 4.39 Å². The molecule has 0 aromatic heterocycles. The highest BCUT2D eigenvalue weighted by Crippen LogP contribution is 2.01. The van der Waals surface area contributed by atoms with Crippen molar-refractivity contribution in [2.75, 3.05) is 20.1 Å². The fourth-order valence-corrected chi connectivity index (χ4v) is 1.47. The average Bonchev–Trinajstić information content (AvgIpc) is 2.36. The summed E-state index contributed by atoms with van der Waals surface area (Å²) in [5.41, 5.74) is 0.808. The molecule has 0 aliphatic carbocycles. The molecule has 5 nitrogen and oxygen atoms in total. The fourth-order valence-electron chi connectivity index (χ4n) is 1.47. The van der Waals surface area contributed by atoms with Crippen LogP contribution in [-0.4, -0.2) is 42.0 Å². The van der Waals surface area contributed by atoms with Crippen LogP contribution in [0.15, 0.2) is 24.3 Å². The largest absolute Gasteiger partial charge is 0.481 e. The number of nitrogens with one attached hydrogen (secondary N) is 1. The number of carboxylic acids is 1. The minimum atomic E-state index is -0.890. The number of aliphatic carboxylic acids is 1. The minimum Gasteiger partial charge on any atom is -0.481 e. The van der Waals surface area contributed by atoms with E-state index < -0.39 is 5.97 Å². The van der Waals surface area contributed by atoms with E-state index in [0.29, 0.717) is 13.1 Å². The normalized spacial score (nSPS) is 9.95. The highest BCUT2D eigenvalue weighted by molar-refractivity contribution is 5.85. The third-order valence-electron chi connectivity index (χ3n) is 2.52. The predicted octanol–water partition coefficient (Wildman–Crippen LogP) is 1.27. The minimum absolute atomic E-state index is 0. The number of halogens is 2. The van der Waals surface area contributed by atoms with Gasteiger partial charge in [-0.15, -0.1) is 12.4 Å². The van der Waals surface area contributed by atoms with Gasteiger partial charge >= 0.3 is 5.97 Å². The number of hydrogen-bond acceptors (Lipinski definition) is 3. The van der Waals surface area contributed by atoms with Gasteiger partial charge in [0, 0.05) is 13.1 Å². The topological polar surface area (TPSA) is 69.6 Å². The van der Waals surface area contributed by atoms with E-state index in [4.69, 9.17) is 5.11 Å². The molecule has 1 amide bonds. The van der Waals surface area contributed by atoms with Crippen LogP contribution in [0.5, 0.6) is 0 Å². The van der Waals surface area contributed by atoms with Gasteiger partial charge in [-0.3, -0.25) is 14.5 Å². The summed E-state index contributed by atoms with van der Waals surface area (Å²) in [6, 6.07) is 5.87. The molecule has 0 saturated heterocycles. The van der Waals surface area contributed by atoms with Crippen molar-refractivity contribution in [3.8, 4) is 0 Å². The first-order chi connectivity index (χ1) is 8.97. The first-order valence-corrected chi connectivity index (χ1v) is 5.89. The Labute approximate surface area is 123 Å². The Kier molecular flexibility index (Phi) is 8.51. The van der Waals surface area contributed by atoms with Crippen LogP contribution in [0.3, 0.4) is 0 Å². The van der Waals surface area contributed by atoms with E-state index in [-0.39, 0.29) is 37.1 Å². The second-order valence-electron chi connectivity index (χ2n) is 4.28. The SMILES string of the molecule is CN(CCC(=O)O)CC(=O)NCc1ccc(F)cc1.Cl. The monoisotopic (exact) mass is 304 g/mol. The molecule has 0 radical (unpaired) electrons. The highest BCUT2D eigenvalue weighted by atomic mass is 35.5. The van der Waals surface area contributed by atoms with Gasteiger partial charge in [-0.1, -0.05) is 12.1 Å². The lowest BCUT2D eigenvalue weighted by Crippen LogP contribution is -2.35. The molecular formula is C13H18ClFN2O3. The molecule has 0 atom stereocenters. The molecule has 0 saturated carbocycles. The maximum absolute atomic E-state index is 12.7. The molecule has 1 aromatic rings. The van der Waals surface area contributed by atoms with Crippen molar-refractivity contribution < 1.29 is 19.1 Å². The van der Waals surface area contributed by atoms with Gasteiger partial charge in [-0.2, -0.15) is 0 Å². The van der Waals surface area contributed by atoms with E-state index in [2.05, 4.69) is 5.32 Å². The lowest BCUT2D eigenvalue weighted by Gasteiger charge is -2.14. The van der Waals surface area contributed by atoms with Gasteiger partial charge in [0.25, 0.3) is 0 Å². The Bertz CT molecular complexity index is 440. The zero-order valence-corrected chi connectivity index (χ0v) is 12.0. The summed E-state index contributed by atoms with van der Waals surface area (Å²) >= 11 is 0. The number of nitrogens with zero attached hydrogens (tertiary/aromatic N) is 1. The van der Waals surface area contributed by atoms with Crippen LogP contribution in [0.25, 0.3) is 0 Å². The summed E-state index contributed by atoms with van der Waals surface area (Å²) in [5, 5.41) is 11.2. The van der Waals surface area contributed by atoms with Crippen LogP contribution >= 0.6 is 12.4 Å². The number of benzene rings is 1. The van der Waals surface area contributed by atoms with Crippen LogP contribution in [0.1, 0.15) is 12.0 Å². The summed E-state index contributed by atoms with van der Waals surface area (Å²) in [7, 11) is 1.68. The summed E-state index contributed by atoms with van der Waals surface area (Å²) in [6.07, 6.45) is 0.00173. The molecule has 0 fully saturated rings. The summed E-state index contributed by atoms with van der Waals surface area (Å²) < 4.78 is 12.7. The molecule has 7 heteroatoms. The molecule has 0 unspecified atom stereocenters. The Morgan fingerprint density at radius 1 is 1.30 bits per heavy atom. The van der Waals surface area contributed by atoms with Crippen LogP contribution in [0, 0.1) is 5.82 Å². The van der Waals surface area contributed by atoms with Crippen molar-refractivity contribution in [1.29, 1.82) is 0 Å². The van der Waals surface area contributed by atoms with Crippen LogP contribution in [0.4, 0.5) is 4.39 Å². The van der Waals surface area contributed by atoms with Crippen molar-refractivity contribution in [2.24, 2.45) is 0 Å². The number of carboxylic acid groups (broad SMARTS) is 1. The zero-order chi connectivity index (χ0) is 14.3. The molecule has 0 aliphatic rings. The summed E-state index contributed by atoms with van der Waals surface area (Å²) in [5.74, 6) is -1.40. The van der Waals surface area contributed by atoms with E-state index in [1.165, 1.54) is 12.1 Å². The van der Waals surface area contributed by atoms with Gasteiger partial charge in [0.15, 0.2) is 0 Å². The lowest BCUT2D eigenvalue weighted by atomic mass is 10.2. The standard InChI is InChI=1S/C13H17FN2O3.ClH/c1-16(7-6-13(18)19)9-12(17)15-8-10-2-4-11(14)5-3-10;/h2-5H,6-9H2,1H3,(H,15,17)(H,18,19);1H. The van der Waals surface area contributed by atoms with E-state index in [0.717, 1.165) is 5.56 Å². The third-order valence-corrected chi connectivity index (χ3v) is 2.52. The number of likely N-dealkylation sites (N-methyl/N-ethyl adjacent to an activating group) is 1. The number of rotatable bonds is 7. The Hall–Kier alpha value is -1.66. The molecule has 0 heterocycles. The maximum Gasteiger partial charge on any atom is 0.304 e. The Balaban J connectivity index is 0.00000361. The Morgan fingerprint density at radius 2 is 1.90 bits per heavy atom. The van der Waals surface area contributed by atoms with Gasteiger partial charge in [0.05, 0.1) is 13.0 Å². The molecule has 20 heavy (non-hydrogen) atoms. The van der Waals surface area contributed by atoms with Crippen LogP contribution in [-0.2, 0) is 16.1 Å². The number of amides is 1. The van der Waals surface area contributed by atoms with Crippen molar-refractivity contribution in [3.63, 3.8) is 0 Å².